The highest BCUT2D eigenvalue weighted by Crippen LogP contribution is 2.27. The summed E-state index contributed by atoms with van der Waals surface area (Å²) in [5.74, 6) is 0.824. The van der Waals surface area contributed by atoms with Gasteiger partial charge < -0.3 is 10.5 Å². The minimum Gasteiger partial charge on any atom is -0.496 e. The van der Waals surface area contributed by atoms with Crippen LogP contribution in [0.25, 0.3) is 0 Å². The summed E-state index contributed by atoms with van der Waals surface area (Å²) in [4.78, 5) is 0. The smallest absolute Gasteiger partial charge is 0.133 e. The second-order valence-corrected chi connectivity index (χ2v) is 5.05. The van der Waals surface area contributed by atoms with E-state index >= 15 is 0 Å². The van der Waals surface area contributed by atoms with E-state index in [9.17, 15) is 0 Å². The third kappa shape index (κ3) is 2.91. The van der Waals surface area contributed by atoms with Crippen molar-refractivity contribution in [1.29, 1.82) is 0 Å². The lowest BCUT2D eigenvalue weighted by molar-refractivity contribution is 0.412. The van der Waals surface area contributed by atoms with Crippen molar-refractivity contribution in [3.05, 3.63) is 46.2 Å². The Labute approximate surface area is 115 Å². The van der Waals surface area contributed by atoms with Crippen molar-refractivity contribution < 1.29 is 4.74 Å². The number of hydrogen-bond donors (Lipinski definition) is 1. The Morgan fingerprint density at radius 3 is 2.78 bits per heavy atom. The quantitative estimate of drug-likeness (QED) is 0.943. The van der Waals surface area contributed by atoms with Crippen molar-refractivity contribution in [2.45, 2.75) is 12.5 Å². The van der Waals surface area contributed by atoms with E-state index in [1.54, 1.807) is 11.8 Å². The lowest BCUT2D eigenvalue weighted by Gasteiger charge is -2.10. The molecule has 0 aliphatic rings. The number of benzene rings is 1. The van der Waals surface area contributed by atoms with Crippen LogP contribution in [-0.2, 0) is 13.5 Å². The minimum absolute atomic E-state index is 0.0912. The maximum absolute atomic E-state index is 6.14. The molecule has 0 saturated carbocycles. The maximum atomic E-state index is 6.14. The van der Waals surface area contributed by atoms with E-state index < -0.39 is 0 Å². The summed E-state index contributed by atoms with van der Waals surface area (Å²) < 4.78 is 7.90. The number of aryl methyl sites for hydroxylation is 1. The van der Waals surface area contributed by atoms with Gasteiger partial charge >= 0.3 is 0 Å². The molecular formula is C13H16BrN3O. The topological polar surface area (TPSA) is 53.1 Å². The van der Waals surface area contributed by atoms with Gasteiger partial charge in [0.15, 0.2) is 0 Å². The molecule has 0 radical (unpaired) electrons. The molecule has 1 atom stereocenters. The highest BCUT2D eigenvalue weighted by molar-refractivity contribution is 9.10. The van der Waals surface area contributed by atoms with E-state index in [4.69, 9.17) is 10.5 Å². The van der Waals surface area contributed by atoms with Gasteiger partial charge in [-0.05, 0) is 46.1 Å². The fourth-order valence-corrected chi connectivity index (χ4v) is 2.41. The van der Waals surface area contributed by atoms with Gasteiger partial charge in [-0.1, -0.05) is 6.07 Å². The van der Waals surface area contributed by atoms with E-state index in [0.29, 0.717) is 0 Å². The van der Waals surface area contributed by atoms with E-state index in [0.717, 1.165) is 27.9 Å². The average Bonchev–Trinajstić information content (AvgIpc) is 2.76. The number of halogens is 1. The molecule has 5 heteroatoms. The van der Waals surface area contributed by atoms with E-state index in [1.807, 2.05) is 37.5 Å². The normalized spacial score (nSPS) is 12.4. The molecule has 1 heterocycles. The third-order valence-corrected chi connectivity index (χ3v) is 3.41. The minimum atomic E-state index is -0.0912. The van der Waals surface area contributed by atoms with Crippen LogP contribution < -0.4 is 10.5 Å². The summed E-state index contributed by atoms with van der Waals surface area (Å²) >= 11 is 3.47. The SMILES string of the molecule is COc1ccc(CC(N)c2ccn(C)n2)cc1Br. The van der Waals surface area contributed by atoms with Crippen molar-refractivity contribution in [2.24, 2.45) is 12.8 Å². The zero-order valence-corrected chi connectivity index (χ0v) is 12.0. The maximum Gasteiger partial charge on any atom is 0.133 e. The molecule has 0 saturated heterocycles. The first-order valence-electron chi connectivity index (χ1n) is 5.67. The molecule has 0 aliphatic carbocycles. The van der Waals surface area contributed by atoms with Gasteiger partial charge in [0.1, 0.15) is 5.75 Å². The average molecular weight is 310 g/mol. The van der Waals surface area contributed by atoms with Crippen LogP contribution in [0.3, 0.4) is 0 Å². The molecule has 0 amide bonds. The molecular weight excluding hydrogens is 294 g/mol. The van der Waals surface area contributed by atoms with Crippen LogP contribution in [0.1, 0.15) is 17.3 Å². The second kappa shape index (κ2) is 5.54. The molecule has 0 spiro atoms. The van der Waals surface area contributed by atoms with Gasteiger partial charge in [-0.25, -0.2) is 0 Å². The first kappa shape index (κ1) is 13.1. The monoisotopic (exact) mass is 309 g/mol. The summed E-state index contributed by atoms with van der Waals surface area (Å²) in [5.41, 5.74) is 8.20. The van der Waals surface area contributed by atoms with E-state index in [1.165, 1.54) is 0 Å². The summed E-state index contributed by atoms with van der Waals surface area (Å²) in [7, 11) is 3.54. The molecule has 2 aromatic rings. The van der Waals surface area contributed by atoms with Crippen molar-refractivity contribution in [1.82, 2.24) is 9.78 Å². The lowest BCUT2D eigenvalue weighted by atomic mass is 10.0. The van der Waals surface area contributed by atoms with Gasteiger partial charge in [-0.2, -0.15) is 5.10 Å². The van der Waals surface area contributed by atoms with Crippen molar-refractivity contribution in [3.63, 3.8) is 0 Å². The second-order valence-electron chi connectivity index (χ2n) is 4.19. The third-order valence-electron chi connectivity index (χ3n) is 2.79. The number of ether oxygens (including phenoxy) is 1. The Morgan fingerprint density at radius 1 is 1.44 bits per heavy atom. The van der Waals surface area contributed by atoms with Gasteiger partial charge in [0.2, 0.25) is 0 Å². The Morgan fingerprint density at radius 2 is 2.22 bits per heavy atom. The Hall–Kier alpha value is -1.33. The molecule has 1 aromatic heterocycles. The summed E-state index contributed by atoms with van der Waals surface area (Å²) in [6, 6.07) is 7.84. The molecule has 96 valence electrons. The van der Waals surface area contributed by atoms with Crippen molar-refractivity contribution in [2.75, 3.05) is 7.11 Å². The highest BCUT2D eigenvalue weighted by Gasteiger charge is 2.11. The number of methoxy groups -OCH3 is 1. The molecule has 1 unspecified atom stereocenters. The van der Waals surface area contributed by atoms with Gasteiger partial charge in [-0.3, -0.25) is 4.68 Å². The fourth-order valence-electron chi connectivity index (χ4n) is 1.83. The first-order valence-corrected chi connectivity index (χ1v) is 6.47. The Bertz CT molecular complexity index is 539. The first-order chi connectivity index (χ1) is 8.60. The van der Waals surface area contributed by atoms with Crippen LogP contribution in [0.15, 0.2) is 34.9 Å². The largest absolute Gasteiger partial charge is 0.496 e. The predicted molar refractivity (Wildman–Crippen MR) is 74.5 cm³/mol. The zero-order valence-electron chi connectivity index (χ0n) is 10.4. The van der Waals surface area contributed by atoms with Crippen LogP contribution >= 0.6 is 15.9 Å². The van der Waals surface area contributed by atoms with Gasteiger partial charge in [0, 0.05) is 13.2 Å². The van der Waals surface area contributed by atoms with Gasteiger partial charge in [0.05, 0.1) is 23.3 Å². The zero-order chi connectivity index (χ0) is 13.1. The van der Waals surface area contributed by atoms with Gasteiger partial charge in [-0.15, -0.1) is 0 Å². The van der Waals surface area contributed by atoms with Crippen LogP contribution in [0.2, 0.25) is 0 Å². The van der Waals surface area contributed by atoms with E-state index in [2.05, 4.69) is 21.0 Å². The van der Waals surface area contributed by atoms with Crippen LogP contribution in [0.4, 0.5) is 0 Å². The standard InChI is InChI=1S/C13H16BrN3O/c1-17-6-5-12(16-17)11(15)8-9-3-4-13(18-2)10(14)7-9/h3-7,11H,8,15H2,1-2H3. The summed E-state index contributed by atoms with van der Waals surface area (Å²) in [6.07, 6.45) is 2.65. The van der Waals surface area contributed by atoms with Crippen LogP contribution in [-0.4, -0.2) is 16.9 Å². The van der Waals surface area contributed by atoms with Crippen LogP contribution in [0.5, 0.6) is 5.75 Å². The van der Waals surface area contributed by atoms with Crippen molar-refractivity contribution >= 4 is 15.9 Å². The fraction of sp³-hybridized carbons (Fsp3) is 0.308. The number of hydrogen-bond acceptors (Lipinski definition) is 3. The summed E-state index contributed by atoms with van der Waals surface area (Å²) in [6.45, 7) is 0. The molecule has 0 aliphatic heterocycles. The predicted octanol–water partition coefficient (Wildman–Crippen LogP) is 2.43. The number of aromatic nitrogens is 2. The lowest BCUT2D eigenvalue weighted by Crippen LogP contribution is -2.14. The number of nitrogens with two attached hydrogens (primary N) is 1. The van der Waals surface area contributed by atoms with Crippen molar-refractivity contribution in [3.8, 4) is 5.75 Å². The Balaban J connectivity index is 2.12. The molecule has 4 nitrogen and oxygen atoms in total. The number of nitrogens with zero attached hydrogens (tertiary/aromatic N) is 2. The van der Waals surface area contributed by atoms with E-state index in [-0.39, 0.29) is 6.04 Å². The highest BCUT2D eigenvalue weighted by atomic mass is 79.9. The number of rotatable bonds is 4. The molecule has 2 N–H and O–H groups in total. The summed E-state index contributed by atoms with van der Waals surface area (Å²) in [5, 5.41) is 4.32. The van der Waals surface area contributed by atoms with Gasteiger partial charge in [0.25, 0.3) is 0 Å². The molecule has 1 aromatic carbocycles. The Kier molecular flexibility index (Phi) is 4.04. The molecule has 18 heavy (non-hydrogen) atoms. The molecule has 0 fully saturated rings. The van der Waals surface area contributed by atoms with Crippen LogP contribution in [0, 0.1) is 0 Å². The molecule has 2 rings (SSSR count). The molecule has 0 bridgehead atoms.